The number of carbonyl (C=O) groups is 1. The third-order valence-corrected chi connectivity index (χ3v) is 5.27. The zero-order chi connectivity index (χ0) is 15.0. The van der Waals surface area contributed by atoms with Crippen molar-refractivity contribution in [2.45, 2.75) is 64.2 Å². The maximum absolute atomic E-state index is 11.4. The highest BCUT2D eigenvalue weighted by atomic mass is 16.5. The van der Waals surface area contributed by atoms with Gasteiger partial charge in [0.1, 0.15) is 0 Å². The first kappa shape index (κ1) is 14.5. The molecule has 2 fully saturated rings. The average molecular weight is 292 g/mol. The number of carboxylic acids is 1. The van der Waals surface area contributed by atoms with Gasteiger partial charge in [0.15, 0.2) is 5.82 Å². The predicted octanol–water partition coefficient (Wildman–Crippen LogP) is 3.58. The van der Waals surface area contributed by atoms with Crippen LogP contribution in [0.25, 0.3) is 0 Å². The molecule has 3 rings (SSSR count). The average Bonchev–Trinajstić information content (AvgIpc) is 3.06. The van der Waals surface area contributed by atoms with Gasteiger partial charge in [-0.1, -0.05) is 31.8 Å². The van der Waals surface area contributed by atoms with Crippen molar-refractivity contribution in [3.05, 3.63) is 11.7 Å². The van der Waals surface area contributed by atoms with E-state index in [-0.39, 0.29) is 11.8 Å². The molecule has 0 bridgehead atoms. The summed E-state index contributed by atoms with van der Waals surface area (Å²) in [6, 6.07) is 0. The summed E-state index contributed by atoms with van der Waals surface area (Å²) in [5.41, 5.74) is 0. The van der Waals surface area contributed by atoms with Crippen LogP contribution >= 0.6 is 0 Å². The molecule has 2 saturated carbocycles. The standard InChI is InChI=1S/C16H24N2O3/c1-9-3-5-11(6-4-9)14-17-15(21-18-14)12-7-10(2)8-13(12)16(19)20/h9-13H,3-8H2,1-2H3,(H,19,20). The van der Waals surface area contributed by atoms with Gasteiger partial charge in [0.2, 0.25) is 5.89 Å². The van der Waals surface area contributed by atoms with Crippen molar-refractivity contribution < 1.29 is 14.4 Å². The minimum absolute atomic E-state index is 0.110. The van der Waals surface area contributed by atoms with Crippen LogP contribution in [0.1, 0.15) is 75.9 Å². The molecule has 1 heterocycles. The quantitative estimate of drug-likeness (QED) is 0.921. The lowest BCUT2D eigenvalue weighted by atomic mass is 9.83. The molecule has 1 aromatic rings. The molecule has 1 N–H and O–H groups in total. The van der Waals surface area contributed by atoms with Gasteiger partial charge in [0.25, 0.3) is 0 Å². The highest BCUT2D eigenvalue weighted by Crippen LogP contribution is 2.43. The molecule has 2 aliphatic rings. The van der Waals surface area contributed by atoms with Crippen LogP contribution in [0.15, 0.2) is 4.52 Å². The molecule has 0 aliphatic heterocycles. The van der Waals surface area contributed by atoms with E-state index in [0.29, 0.717) is 24.1 Å². The molecule has 0 radical (unpaired) electrons. The highest BCUT2D eigenvalue weighted by molar-refractivity contribution is 5.71. The van der Waals surface area contributed by atoms with Crippen LogP contribution in [-0.4, -0.2) is 21.2 Å². The molecular formula is C16H24N2O3. The number of aliphatic carboxylic acids is 1. The molecule has 116 valence electrons. The van der Waals surface area contributed by atoms with E-state index in [4.69, 9.17) is 4.52 Å². The Kier molecular flexibility index (Phi) is 4.00. The van der Waals surface area contributed by atoms with Gasteiger partial charge < -0.3 is 9.63 Å². The topological polar surface area (TPSA) is 76.2 Å². The van der Waals surface area contributed by atoms with Gasteiger partial charge in [0, 0.05) is 5.92 Å². The minimum Gasteiger partial charge on any atom is -0.481 e. The summed E-state index contributed by atoms with van der Waals surface area (Å²) in [6.45, 7) is 4.38. The van der Waals surface area contributed by atoms with E-state index in [1.54, 1.807) is 0 Å². The number of carboxylic acid groups (broad SMARTS) is 1. The molecule has 3 unspecified atom stereocenters. The minimum atomic E-state index is -0.740. The van der Waals surface area contributed by atoms with Crippen LogP contribution < -0.4 is 0 Å². The zero-order valence-corrected chi connectivity index (χ0v) is 12.8. The molecule has 1 aromatic heterocycles. The zero-order valence-electron chi connectivity index (χ0n) is 12.8. The normalized spacial score (nSPS) is 36.8. The first-order valence-corrected chi connectivity index (χ1v) is 8.11. The lowest BCUT2D eigenvalue weighted by molar-refractivity contribution is -0.142. The number of nitrogens with zero attached hydrogens (tertiary/aromatic N) is 2. The van der Waals surface area contributed by atoms with Crippen LogP contribution in [0, 0.1) is 17.8 Å². The van der Waals surface area contributed by atoms with Crippen molar-refractivity contribution >= 4 is 5.97 Å². The fraction of sp³-hybridized carbons (Fsp3) is 0.812. The van der Waals surface area contributed by atoms with Crippen LogP contribution in [-0.2, 0) is 4.79 Å². The van der Waals surface area contributed by atoms with Crippen molar-refractivity contribution in [1.29, 1.82) is 0 Å². The lowest BCUT2D eigenvalue weighted by Gasteiger charge is -2.23. The Balaban J connectivity index is 1.74. The molecule has 2 aliphatic carbocycles. The monoisotopic (exact) mass is 292 g/mol. The van der Waals surface area contributed by atoms with E-state index in [1.807, 2.05) is 0 Å². The Morgan fingerprint density at radius 2 is 1.86 bits per heavy atom. The fourth-order valence-electron chi connectivity index (χ4n) is 3.92. The van der Waals surface area contributed by atoms with Crippen LogP contribution in [0.2, 0.25) is 0 Å². The van der Waals surface area contributed by atoms with Crippen LogP contribution in [0.3, 0.4) is 0 Å². The molecule has 3 atom stereocenters. The van der Waals surface area contributed by atoms with E-state index in [1.165, 1.54) is 12.8 Å². The second kappa shape index (κ2) is 5.78. The third kappa shape index (κ3) is 2.97. The third-order valence-electron chi connectivity index (χ3n) is 5.27. The summed E-state index contributed by atoms with van der Waals surface area (Å²) in [5.74, 6) is 1.69. The van der Waals surface area contributed by atoms with Gasteiger partial charge in [-0.25, -0.2) is 0 Å². The Morgan fingerprint density at radius 3 is 2.52 bits per heavy atom. The van der Waals surface area contributed by atoms with Crippen molar-refractivity contribution in [2.75, 3.05) is 0 Å². The van der Waals surface area contributed by atoms with Gasteiger partial charge in [0.05, 0.1) is 11.8 Å². The molecule has 5 nitrogen and oxygen atoms in total. The summed E-state index contributed by atoms with van der Waals surface area (Å²) < 4.78 is 5.43. The number of aromatic nitrogens is 2. The fourth-order valence-corrected chi connectivity index (χ4v) is 3.92. The van der Waals surface area contributed by atoms with Gasteiger partial charge in [-0.15, -0.1) is 0 Å². The number of hydrogen-bond acceptors (Lipinski definition) is 4. The van der Waals surface area contributed by atoms with E-state index in [9.17, 15) is 9.90 Å². The maximum atomic E-state index is 11.4. The molecular weight excluding hydrogens is 268 g/mol. The smallest absolute Gasteiger partial charge is 0.307 e. The highest BCUT2D eigenvalue weighted by Gasteiger charge is 2.41. The summed E-state index contributed by atoms with van der Waals surface area (Å²) in [7, 11) is 0. The summed E-state index contributed by atoms with van der Waals surface area (Å²) in [6.07, 6.45) is 6.20. The van der Waals surface area contributed by atoms with Crippen LogP contribution in [0.4, 0.5) is 0 Å². The van der Waals surface area contributed by atoms with Gasteiger partial charge >= 0.3 is 5.97 Å². The summed E-state index contributed by atoms with van der Waals surface area (Å²) in [4.78, 5) is 16.0. The lowest BCUT2D eigenvalue weighted by Crippen LogP contribution is -2.17. The van der Waals surface area contributed by atoms with E-state index < -0.39 is 5.97 Å². The van der Waals surface area contributed by atoms with E-state index >= 15 is 0 Å². The molecule has 0 saturated heterocycles. The number of rotatable bonds is 3. The Bertz CT molecular complexity index is 505. The van der Waals surface area contributed by atoms with E-state index in [0.717, 1.165) is 31.0 Å². The first-order chi connectivity index (χ1) is 10.0. The van der Waals surface area contributed by atoms with Crippen molar-refractivity contribution in [3.8, 4) is 0 Å². The molecule has 5 heteroatoms. The van der Waals surface area contributed by atoms with Crippen molar-refractivity contribution in [3.63, 3.8) is 0 Å². The molecule has 0 spiro atoms. The van der Waals surface area contributed by atoms with Crippen molar-refractivity contribution in [1.82, 2.24) is 10.1 Å². The second-order valence-electron chi connectivity index (χ2n) is 7.08. The Morgan fingerprint density at radius 1 is 1.14 bits per heavy atom. The second-order valence-corrected chi connectivity index (χ2v) is 7.08. The first-order valence-electron chi connectivity index (χ1n) is 8.11. The SMILES string of the molecule is CC1CCC(c2noc(C3CC(C)CC3C(=O)O)n2)CC1. The number of hydrogen-bond donors (Lipinski definition) is 1. The Labute approximate surface area is 125 Å². The Hall–Kier alpha value is -1.39. The molecule has 0 aromatic carbocycles. The van der Waals surface area contributed by atoms with E-state index in [2.05, 4.69) is 24.0 Å². The molecule has 21 heavy (non-hydrogen) atoms. The van der Waals surface area contributed by atoms with Crippen molar-refractivity contribution in [2.24, 2.45) is 17.8 Å². The summed E-state index contributed by atoms with van der Waals surface area (Å²) >= 11 is 0. The largest absolute Gasteiger partial charge is 0.481 e. The van der Waals surface area contributed by atoms with Crippen LogP contribution in [0.5, 0.6) is 0 Å². The summed E-state index contributed by atoms with van der Waals surface area (Å²) in [5, 5.41) is 13.5. The maximum Gasteiger partial charge on any atom is 0.307 e. The van der Waals surface area contributed by atoms with Gasteiger partial charge in [-0.05, 0) is 37.5 Å². The predicted molar refractivity (Wildman–Crippen MR) is 76.9 cm³/mol. The molecule has 0 amide bonds. The van der Waals surface area contributed by atoms with Gasteiger partial charge in [-0.2, -0.15) is 4.98 Å². The van der Waals surface area contributed by atoms with Gasteiger partial charge in [-0.3, -0.25) is 4.79 Å².